The van der Waals surface area contributed by atoms with Crippen molar-refractivity contribution in [2.45, 2.75) is 118 Å². The Balaban J connectivity index is 0. The van der Waals surface area contributed by atoms with E-state index < -0.39 is 42.0 Å². The quantitative estimate of drug-likeness (QED) is 0.297. The van der Waals surface area contributed by atoms with E-state index in [1.807, 2.05) is 34.6 Å². The molecule has 38 heavy (non-hydrogen) atoms. The molecule has 2 rings (SSSR count). The number of alkyl halides is 6. The topological polar surface area (TPSA) is 70.6 Å². The number of aliphatic hydroxyl groups is 1. The molecule has 0 spiro atoms. The number of amides is 1. The molecule has 3 atom stereocenters. The maximum absolute atomic E-state index is 12.9. The van der Waals surface area contributed by atoms with Gasteiger partial charge in [0.15, 0.2) is 0 Å². The van der Waals surface area contributed by atoms with Gasteiger partial charge in [-0.3, -0.25) is 4.79 Å². The van der Waals surface area contributed by atoms with Crippen LogP contribution >= 0.6 is 0 Å². The van der Waals surface area contributed by atoms with Crippen LogP contribution in [0.2, 0.25) is 0 Å². The molecule has 224 valence electrons. The van der Waals surface area contributed by atoms with E-state index in [-0.39, 0.29) is 36.7 Å². The second-order valence-corrected chi connectivity index (χ2v) is 8.25. The molecule has 1 heterocycles. The van der Waals surface area contributed by atoms with Gasteiger partial charge in [-0.1, -0.05) is 54.9 Å². The SMILES string of the molecule is CC.CC.CCC.CC[C@H](CCC(=O)NCc1cc(C(F)(F)F)cc(C(F)(F)F)c1)NC1CCOCC1O. The zero-order valence-electron chi connectivity index (χ0n) is 23.7. The summed E-state index contributed by atoms with van der Waals surface area (Å²) in [6, 6.07) is 1.01. The van der Waals surface area contributed by atoms with Crippen LogP contribution in [-0.2, 0) is 28.4 Å². The first kappa shape index (κ1) is 38.3. The van der Waals surface area contributed by atoms with Crippen LogP contribution in [0.5, 0.6) is 0 Å². The number of aliphatic hydroxyl groups excluding tert-OH is 1. The summed E-state index contributed by atoms with van der Waals surface area (Å²) < 4.78 is 82.7. The number of nitrogens with one attached hydrogen (secondary N) is 2. The third-order valence-electron chi connectivity index (χ3n) is 5.13. The first-order valence-corrected chi connectivity index (χ1v) is 13.4. The van der Waals surface area contributed by atoms with E-state index in [0.717, 1.165) is 0 Å². The highest BCUT2D eigenvalue weighted by atomic mass is 19.4. The molecule has 0 aliphatic carbocycles. The maximum Gasteiger partial charge on any atom is 0.416 e. The lowest BCUT2D eigenvalue weighted by Gasteiger charge is -2.32. The fourth-order valence-corrected chi connectivity index (χ4v) is 3.34. The Bertz CT molecular complexity index is 725. The number of carbonyl (C=O) groups excluding carboxylic acids is 1. The largest absolute Gasteiger partial charge is 0.416 e. The molecular formula is C27H46F6N2O3. The van der Waals surface area contributed by atoms with E-state index in [2.05, 4.69) is 24.5 Å². The molecule has 0 saturated carbocycles. The maximum atomic E-state index is 12.9. The van der Waals surface area contributed by atoms with Gasteiger partial charge in [-0.25, -0.2) is 0 Å². The van der Waals surface area contributed by atoms with Crippen molar-refractivity contribution in [2.24, 2.45) is 0 Å². The zero-order chi connectivity index (χ0) is 29.9. The molecule has 0 bridgehead atoms. The van der Waals surface area contributed by atoms with E-state index >= 15 is 0 Å². The highest BCUT2D eigenvalue weighted by molar-refractivity contribution is 5.75. The Hall–Kier alpha value is -1.85. The minimum Gasteiger partial charge on any atom is -0.389 e. The molecule has 1 aliphatic rings. The van der Waals surface area contributed by atoms with Crippen molar-refractivity contribution < 1.29 is 41.0 Å². The molecular weight excluding hydrogens is 514 g/mol. The summed E-state index contributed by atoms with van der Waals surface area (Å²) in [4.78, 5) is 12.1. The summed E-state index contributed by atoms with van der Waals surface area (Å²) in [7, 11) is 0. The molecule has 11 heteroatoms. The average molecular weight is 561 g/mol. The van der Waals surface area contributed by atoms with E-state index in [1.165, 1.54) is 6.42 Å². The van der Waals surface area contributed by atoms with Crippen LogP contribution in [0, 0.1) is 0 Å². The molecule has 1 aliphatic heterocycles. The first-order valence-electron chi connectivity index (χ1n) is 13.4. The summed E-state index contributed by atoms with van der Waals surface area (Å²) >= 11 is 0. The van der Waals surface area contributed by atoms with Gasteiger partial charge in [0.2, 0.25) is 5.91 Å². The molecule has 1 saturated heterocycles. The van der Waals surface area contributed by atoms with Crippen molar-refractivity contribution in [1.29, 1.82) is 0 Å². The lowest BCUT2D eigenvalue weighted by atomic mass is 10.0. The highest BCUT2D eigenvalue weighted by Gasteiger charge is 2.36. The summed E-state index contributed by atoms with van der Waals surface area (Å²) in [5.41, 5.74) is -3.13. The lowest BCUT2D eigenvalue weighted by Crippen LogP contribution is -2.50. The number of carbonyl (C=O) groups is 1. The van der Waals surface area contributed by atoms with Gasteiger partial charge in [-0.2, -0.15) is 26.3 Å². The van der Waals surface area contributed by atoms with Gasteiger partial charge in [-0.05, 0) is 43.0 Å². The van der Waals surface area contributed by atoms with Crippen molar-refractivity contribution in [3.05, 3.63) is 34.9 Å². The monoisotopic (exact) mass is 560 g/mol. The summed E-state index contributed by atoms with van der Waals surface area (Å²) in [5, 5.41) is 15.6. The van der Waals surface area contributed by atoms with Crippen molar-refractivity contribution in [2.75, 3.05) is 13.2 Å². The Morgan fingerprint density at radius 3 is 1.92 bits per heavy atom. The van der Waals surface area contributed by atoms with Crippen molar-refractivity contribution in [1.82, 2.24) is 10.6 Å². The minimum atomic E-state index is -4.94. The highest BCUT2D eigenvalue weighted by Crippen LogP contribution is 2.36. The molecule has 3 N–H and O–H groups in total. The second kappa shape index (κ2) is 20.1. The predicted molar refractivity (Wildman–Crippen MR) is 139 cm³/mol. The summed E-state index contributed by atoms with van der Waals surface area (Å²) in [5.74, 6) is -0.487. The van der Waals surface area contributed by atoms with Crippen LogP contribution in [0.1, 0.15) is 97.3 Å². The van der Waals surface area contributed by atoms with Crippen LogP contribution < -0.4 is 10.6 Å². The second-order valence-electron chi connectivity index (χ2n) is 8.25. The Morgan fingerprint density at radius 2 is 1.50 bits per heavy atom. The van der Waals surface area contributed by atoms with Gasteiger partial charge in [0.25, 0.3) is 0 Å². The standard InChI is InChI=1S/C20H26F6N2O3.C3H8.2C2H6/c1-2-15(28-16-5-6-31-11-17(16)29)3-4-18(30)27-10-12-7-13(19(21,22)23)9-14(8-12)20(24,25)26;1-3-2;2*1-2/h7-9,15-17,28-29H,2-6,10-11H2,1H3,(H,27,30);3H2,1-2H3;2*1-2H3/t15-,16?,17?;;;/m1.../s1. The number of hydrogen-bond donors (Lipinski definition) is 3. The molecule has 5 nitrogen and oxygen atoms in total. The molecule has 0 aromatic heterocycles. The minimum absolute atomic E-state index is 0.0376. The van der Waals surface area contributed by atoms with Crippen molar-refractivity contribution in [3.8, 4) is 0 Å². The number of benzene rings is 1. The fraction of sp³-hybridized carbons (Fsp3) is 0.741. The van der Waals surface area contributed by atoms with E-state index in [9.17, 15) is 36.2 Å². The fourth-order valence-electron chi connectivity index (χ4n) is 3.34. The molecule has 2 unspecified atom stereocenters. The average Bonchev–Trinajstić information content (AvgIpc) is 2.88. The van der Waals surface area contributed by atoms with Crippen LogP contribution in [0.4, 0.5) is 26.3 Å². The van der Waals surface area contributed by atoms with Crippen LogP contribution in [-0.4, -0.2) is 42.4 Å². The number of rotatable bonds is 8. The van der Waals surface area contributed by atoms with Crippen LogP contribution in [0.15, 0.2) is 18.2 Å². The smallest absolute Gasteiger partial charge is 0.389 e. The Labute approximate surface area is 223 Å². The van der Waals surface area contributed by atoms with Gasteiger partial charge >= 0.3 is 12.4 Å². The number of ether oxygens (including phenoxy) is 1. The summed E-state index contributed by atoms with van der Waals surface area (Å²) in [6.07, 6.45) is -7.52. The van der Waals surface area contributed by atoms with Gasteiger partial charge in [-0.15, -0.1) is 0 Å². The molecule has 1 amide bonds. The lowest BCUT2D eigenvalue weighted by molar-refractivity contribution is -0.143. The van der Waals surface area contributed by atoms with Gasteiger partial charge < -0.3 is 20.5 Å². The van der Waals surface area contributed by atoms with Gasteiger partial charge in [0.05, 0.1) is 23.8 Å². The first-order chi connectivity index (χ1) is 17.8. The third kappa shape index (κ3) is 15.5. The van der Waals surface area contributed by atoms with Crippen LogP contribution in [0.25, 0.3) is 0 Å². The molecule has 1 aromatic carbocycles. The van der Waals surface area contributed by atoms with Gasteiger partial charge in [0, 0.05) is 31.7 Å². The van der Waals surface area contributed by atoms with Crippen LogP contribution in [0.3, 0.4) is 0 Å². The Morgan fingerprint density at radius 1 is 1.00 bits per heavy atom. The van der Waals surface area contributed by atoms with E-state index in [4.69, 9.17) is 4.74 Å². The normalized spacial score (nSPS) is 17.9. The van der Waals surface area contributed by atoms with E-state index in [0.29, 0.717) is 38.0 Å². The van der Waals surface area contributed by atoms with Gasteiger partial charge in [0.1, 0.15) is 0 Å². The third-order valence-corrected chi connectivity index (χ3v) is 5.13. The molecule has 1 aromatic rings. The number of hydrogen-bond acceptors (Lipinski definition) is 4. The molecule has 0 radical (unpaired) electrons. The molecule has 1 fully saturated rings. The van der Waals surface area contributed by atoms with Crippen molar-refractivity contribution >= 4 is 5.91 Å². The summed E-state index contributed by atoms with van der Waals surface area (Å²) in [6.45, 7) is 14.4. The Kier molecular flexibility index (Phi) is 20.3. The number of halogens is 6. The van der Waals surface area contributed by atoms with E-state index in [1.54, 1.807) is 0 Å². The zero-order valence-corrected chi connectivity index (χ0v) is 23.7. The predicted octanol–water partition coefficient (Wildman–Crippen LogP) is 7.11. The van der Waals surface area contributed by atoms with Crippen molar-refractivity contribution in [3.63, 3.8) is 0 Å².